The number of benzene rings is 4. The minimum atomic E-state index is -0.399. The lowest BCUT2D eigenvalue weighted by molar-refractivity contribution is -0.139. The molecule has 0 unspecified atom stereocenters. The average molecular weight is 442 g/mol. The third-order valence-electron chi connectivity index (χ3n) is 4.94. The molecule has 4 heteroatoms. The maximum atomic E-state index is 11.6. The van der Waals surface area contributed by atoms with Gasteiger partial charge in [0.15, 0.2) is 14.7 Å². The van der Waals surface area contributed by atoms with Crippen molar-refractivity contribution >= 4 is 27.6 Å². The van der Waals surface area contributed by atoms with E-state index >= 15 is 0 Å². The molecular weight excluding hydrogens is 416 g/mol. The summed E-state index contributed by atoms with van der Waals surface area (Å²) in [6.45, 7) is 5.69. The lowest BCUT2D eigenvalue weighted by atomic mass is 10.1. The topological polar surface area (TPSA) is 35.5 Å². The Morgan fingerprint density at radius 1 is 0.750 bits per heavy atom. The number of carbonyl (C=O) groups is 1. The van der Waals surface area contributed by atoms with Crippen molar-refractivity contribution in [3.05, 3.63) is 109 Å². The van der Waals surface area contributed by atoms with Gasteiger partial charge in [-0.1, -0.05) is 61.2 Å². The summed E-state index contributed by atoms with van der Waals surface area (Å²) in [7, 11) is -0.251. The number of ether oxygens (including phenoxy) is 2. The molecule has 0 N–H and O–H groups in total. The molecule has 4 aromatic carbocycles. The molecule has 0 aliphatic carbocycles. The van der Waals surface area contributed by atoms with Crippen molar-refractivity contribution in [3.8, 4) is 5.75 Å². The van der Waals surface area contributed by atoms with E-state index in [4.69, 9.17) is 9.47 Å². The monoisotopic (exact) mass is 441 g/mol. The second-order valence-electron chi connectivity index (χ2n) is 7.30. The Hall–Kier alpha value is -3.50. The van der Waals surface area contributed by atoms with Gasteiger partial charge in [-0.3, -0.25) is 0 Å². The summed E-state index contributed by atoms with van der Waals surface area (Å²) >= 11 is 0. The van der Waals surface area contributed by atoms with Gasteiger partial charge in [0, 0.05) is 16.3 Å². The Bertz CT molecular complexity index is 1180. The smallest absolute Gasteiger partial charge is 0.333 e. The van der Waals surface area contributed by atoms with Gasteiger partial charge in [-0.15, -0.1) is 0 Å². The van der Waals surface area contributed by atoms with Gasteiger partial charge in [0.05, 0.1) is 10.9 Å². The van der Waals surface area contributed by atoms with E-state index in [0.717, 1.165) is 16.5 Å². The van der Waals surface area contributed by atoms with Gasteiger partial charge < -0.3 is 9.47 Å². The van der Waals surface area contributed by atoms with Crippen LogP contribution in [-0.4, -0.2) is 19.2 Å². The second-order valence-corrected chi connectivity index (χ2v) is 9.30. The van der Waals surface area contributed by atoms with Crippen molar-refractivity contribution in [1.29, 1.82) is 0 Å². The van der Waals surface area contributed by atoms with Crippen LogP contribution in [0.1, 0.15) is 6.92 Å². The van der Waals surface area contributed by atoms with Gasteiger partial charge in [0.1, 0.15) is 19.0 Å². The highest BCUT2D eigenvalue weighted by Gasteiger charge is 2.30. The Morgan fingerprint density at radius 2 is 1.31 bits per heavy atom. The van der Waals surface area contributed by atoms with Gasteiger partial charge >= 0.3 is 5.97 Å². The zero-order chi connectivity index (χ0) is 22.3. The maximum absolute atomic E-state index is 11.6. The minimum Gasteiger partial charge on any atom is -0.489 e. The Labute approximate surface area is 191 Å². The van der Waals surface area contributed by atoms with E-state index in [9.17, 15) is 4.79 Å². The van der Waals surface area contributed by atoms with Crippen LogP contribution in [0.3, 0.4) is 0 Å². The predicted molar refractivity (Wildman–Crippen MR) is 130 cm³/mol. The zero-order valence-electron chi connectivity index (χ0n) is 18.0. The lowest BCUT2D eigenvalue weighted by Gasteiger charge is -2.14. The number of hydrogen-bond donors (Lipinski definition) is 0. The molecule has 0 fully saturated rings. The van der Waals surface area contributed by atoms with Gasteiger partial charge in [0.25, 0.3) is 0 Å². The summed E-state index contributed by atoms with van der Waals surface area (Å²) in [5.74, 6) is 0.379. The van der Waals surface area contributed by atoms with E-state index in [1.807, 2.05) is 24.3 Å². The molecular formula is C28H25O3S+. The van der Waals surface area contributed by atoms with Gasteiger partial charge in [-0.25, -0.2) is 4.79 Å². The molecule has 0 aliphatic rings. The average Bonchev–Trinajstić information content (AvgIpc) is 2.84. The fourth-order valence-electron chi connectivity index (χ4n) is 3.46. The Morgan fingerprint density at radius 3 is 1.91 bits per heavy atom. The summed E-state index contributed by atoms with van der Waals surface area (Å²) in [6.07, 6.45) is 0. The van der Waals surface area contributed by atoms with E-state index in [1.165, 1.54) is 14.7 Å². The quantitative estimate of drug-likeness (QED) is 0.137. The molecule has 4 aromatic rings. The first-order chi connectivity index (χ1) is 15.6. The van der Waals surface area contributed by atoms with Crippen molar-refractivity contribution in [3.63, 3.8) is 0 Å². The molecule has 0 heterocycles. The molecule has 0 amide bonds. The molecule has 0 aromatic heterocycles. The predicted octanol–water partition coefficient (Wildman–Crippen LogP) is 6.43. The fourth-order valence-corrected chi connectivity index (χ4v) is 5.70. The van der Waals surface area contributed by atoms with Crippen LogP contribution in [0.4, 0.5) is 0 Å². The largest absolute Gasteiger partial charge is 0.489 e. The minimum absolute atomic E-state index is 0.181. The molecule has 0 radical (unpaired) electrons. The fraction of sp³-hybridized carbons (Fsp3) is 0.107. The van der Waals surface area contributed by atoms with Gasteiger partial charge in [-0.05, 0) is 49.4 Å². The van der Waals surface area contributed by atoms with Crippen molar-refractivity contribution in [1.82, 2.24) is 0 Å². The molecule has 4 rings (SSSR count). The van der Waals surface area contributed by atoms with Crippen molar-refractivity contribution in [2.45, 2.75) is 21.6 Å². The van der Waals surface area contributed by atoms with Crippen LogP contribution in [0, 0.1) is 0 Å². The van der Waals surface area contributed by atoms with Crippen LogP contribution >= 0.6 is 0 Å². The maximum Gasteiger partial charge on any atom is 0.333 e. The highest BCUT2D eigenvalue weighted by atomic mass is 32.2. The number of rotatable bonds is 8. The molecule has 160 valence electrons. The van der Waals surface area contributed by atoms with E-state index in [-0.39, 0.29) is 24.1 Å². The third-order valence-corrected chi connectivity index (χ3v) is 7.23. The first-order valence-electron chi connectivity index (χ1n) is 10.5. The van der Waals surface area contributed by atoms with E-state index in [2.05, 4.69) is 79.4 Å². The molecule has 0 saturated carbocycles. The Balaban J connectivity index is 1.69. The molecule has 0 spiro atoms. The van der Waals surface area contributed by atoms with Crippen molar-refractivity contribution < 1.29 is 14.3 Å². The molecule has 0 bridgehead atoms. The molecule has 3 nitrogen and oxygen atoms in total. The van der Waals surface area contributed by atoms with Gasteiger partial charge in [0.2, 0.25) is 0 Å². The van der Waals surface area contributed by atoms with E-state index in [0.29, 0.717) is 5.57 Å². The zero-order valence-corrected chi connectivity index (χ0v) is 18.8. The number of hydrogen-bond acceptors (Lipinski definition) is 3. The first kappa shape index (κ1) is 21.7. The van der Waals surface area contributed by atoms with Gasteiger partial charge in [-0.2, -0.15) is 0 Å². The second kappa shape index (κ2) is 10.2. The highest BCUT2D eigenvalue weighted by Crippen LogP contribution is 2.38. The SMILES string of the molecule is C=C(C)C(=O)OCCOc1ccc([S+](c2ccccc2)c2ccccc2)c2ccccc12. The number of carbonyl (C=O) groups excluding carboxylic acids is 1. The molecule has 0 saturated heterocycles. The first-order valence-corrected chi connectivity index (χ1v) is 11.7. The van der Waals surface area contributed by atoms with Crippen molar-refractivity contribution in [2.24, 2.45) is 0 Å². The lowest BCUT2D eigenvalue weighted by Crippen LogP contribution is -2.12. The molecule has 32 heavy (non-hydrogen) atoms. The van der Waals surface area contributed by atoms with Crippen LogP contribution in [-0.2, 0) is 20.4 Å². The highest BCUT2D eigenvalue weighted by molar-refractivity contribution is 7.97. The number of esters is 1. The standard InChI is InChI=1S/C28H25O3S/c1-21(2)28(29)31-20-19-30-26-17-18-27(25-16-10-9-15-24(25)26)32(22-11-5-3-6-12-22)23-13-7-4-8-14-23/h3-18H,1,19-20H2,2H3/q+1. The normalized spacial score (nSPS) is 10.8. The molecule has 0 atom stereocenters. The van der Waals surface area contributed by atoms with Crippen LogP contribution in [0.15, 0.2) is 124 Å². The summed E-state index contributed by atoms with van der Waals surface area (Å²) < 4.78 is 11.1. The van der Waals surface area contributed by atoms with Crippen LogP contribution in [0.2, 0.25) is 0 Å². The summed E-state index contributed by atoms with van der Waals surface area (Å²) in [5, 5.41) is 2.19. The van der Waals surface area contributed by atoms with Crippen LogP contribution in [0.25, 0.3) is 10.8 Å². The third kappa shape index (κ3) is 4.87. The summed E-state index contributed by atoms with van der Waals surface area (Å²) in [4.78, 5) is 15.4. The van der Waals surface area contributed by atoms with E-state index in [1.54, 1.807) is 6.92 Å². The summed E-state index contributed by atoms with van der Waals surface area (Å²) in [5.41, 5.74) is 0.383. The van der Waals surface area contributed by atoms with E-state index < -0.39 is 5.97 Å². The molecule has 0 aliphatic heterocycles. The summed E-state index contributed by atoms with van der Waals surface area (Å²) in [6, 6.07) is 33.7. The number of fused-ring (bicyclic) bond motifs is 1. The van der Waals surface area contributed by atoms with Crippen LogP contribution < -0.4 is 4.74 Å². The van der Waals surface area contributed by atoms with Crippen molar-refractivity contribution in [2.75, 3.05) is 13.2 Å². The van der Waals surface area contributed by atoms with Crippen LogP contribution in [0.5, 0.6) is 5.75 Å². The Kier molecular flexibility index (Phi) is 6.93.